The van der Waals surface area contributed by atoms with Crippen molar-refractivity contribution in [2.45, 2.75) is 51.5 Å². The monoisotopic (exact) mass is 265 g/mol. The van der Waals surface area contributed by atoms with Crippen LogP contribution in [0.3, 0.4) is 0 Å². The molecule has 0 radical (unpaired) electrons. The molecule has 106 valence electrons. The maximum atomic E-state index is 10.8. The van der Waals surface area contributed by atoms with E-state index >= 15 is 0 Å². The molecular formula is C15H23NO3. The Balaban J connectivity index is 2.71. The zero-order chi connectivity index (χ0) is 14.3. The lowest BCUT2D eigenvalue weighted by Gasteiger charge is -2.12. The number of phenols is 1. The van der Waals surface area contributed by atoms with Gasteiger partial charge in [0, 0.05) is 0 Å². The first-order valence-electron chi connectivity index (χ1n) is 6.83. The van der Waals surface area contributed by atoms with E-state index < -0.39 is 12.0 Å². The van der Waals surface area contributed by atoms with E-state index in [1.54, 1.807) is 18.2 Å². The second-order valence-corrected chi connectivity index (χ2v) is 4.91. The molecule has 0 saturated carbocycles. The topological polar surface area (TPSA) is 83.5 Å². The van der Waals surface area contributed by atoms with E-state index in [4.69, 9.17) is 10.8 Å². The van der Waals surface area contributed by atoms with Crippen molar-refractivity contribution in [3.63, 3.8) is 0 Å². The van der Waals surface area contributed by atoms with Crippen LogP contribution in [0.4, 0.5) is 0 Å². The quantitative estimate of drug-likeness (QED) is 0.630. The van der Waals surface area contributed by atoms with Crippen molar-refractivity contribution in [3.05, 3.63) is 29.3 Å². The number of rotatable bonds is 8. The molecular weight excluding hydrogens is 242 g/mol. The van der Waals surface area contributed by atoms with Crippen LogP contribution in [0.15, 0.2) is 18.2 Å². The van der Waals surface area contributed by atoms with E-state index in [0.717, 1.165) is 30.4 Å². The smallest absolute Gasteiger partial charge is 0.320 e. The predicted octanol–water partition coefficient (Wildman–Crippen LogP) is 2.47. The molecule has 0 bridgehead atoms. The summed E-state index contributed by atoms with van der Waals surface area (Å²) in [6.45, 7) is 2.16. The molecule has 0 heterocycles. The predicted molar refractivity (Wildman–Crippen MR) is 75.3 cm³/mol. The molecule has 0 saturated heterocycles. The van der Waals surface area contributed by atoms with Gasteiger partial charge in [0.1, 0.15) is 11.8 Å². The average molecular weight is 265 g/mol. The number of carboxylic acids is 1. The molecule has 0 aliphatic carbocycles. The molecule has 0 unspecified atom stereocenters. The van der Waals surface area contributed by atoms with Gasteiger partial charge in [-0.2, -0.15) is 0 Å². The second-order valence-electron chi connectivity index (χ2n) is 4.91. The van der Waals surface area contributed by atoms with Crippen LogP contribution in [0.2, 0.25) is 0 Å². The lowest BCUT2D eigenvalue weighted by Crippen LogP contribution is -2.32. The minimum absolute atomic E-state index is 0.220. The van der Waals surface area contributed by atoms with Gasteiger partial charge in [-0.05, 0) is 42.5 Å². The number of aryl methyl sites for hydroxylation is 1. The van der Waals surface area contributed by atoms with Crippen LogP contribution in [-0.2, 0) is 17.6 Å². The van der Waals surface area contributed by atoms with E-state index in [-0.39, 0.29) is 5.75 Å². The third-order valence-electron chi connectivity index (χ3n) is 3.25. The molecule has 0 fully saturated rings. The Morgan fingerprint density at radius 2 is 2.00 bits per heavy atom. The van der Waals surface area contributed by atoms with Crippen molar-refractivity contribution in [2.75, 3.05) is 0 Å². The second kappa shape index (κ2) is 7.79. The highest BCUT2D eigenvalue weighted by Gasteiger charge is 2.14. The van der Waals surface area contributed by atoms with Gasteiger partial charge in [-0.1, -0.05) is 32.3 Å². The third-order valence-corrected chi connectivity index (χ3v) is 3.25. The molecule has 4 heteroatoms. The van der Waals surface area contributed by atoms with E-state index in [1.807, 2.05) is 0 Å². The van der Waals surface area contributed by atoms with Crippen LogP contribution in [0.5, 0.6) is 5.75 Å². The zero-order valence-corrected chi connectivity index (χ0v) is 11.4. The van der Waals surface area contributed by atoms with Crippen LogP contribution < -0.4 is 5.73 Å². The summed E-state index contributed by atoms with van der Waals surface area (Å²) in [4.78, 5) is 10.8. The summed E-state index contributed by atoms with van der Waals surface area (Å²) < 4.78 is 0. The first kappa shape index (κ1) is 15.5. The van der Waals surface area contributed by atoms with Crippen molar-refractivity contribution < 1.29 is 15.0 Å². The van der Waals surface area contributed by atoms with Crippen LogP contribution in [-0.4, -0.2) is 22.2 Å². The first-order valence-corrected chi connectivity index (χ1v) is 6.83. The summed E-state index contributed by atoms with van der Waals surface area (Å²) >= 11 is 0. The summed E-state index contributed by atoms with van der Waals surface area (Å²) in [6, 6.07) is 4.18. The van der Waals surface area contributed by atoms with Gasteiger partial charge >= 0.3 is 5.97 Å². The van der Waals surface area contributed by atoms with E-state index in [0.29, 0.717) is 6.42 Å². The fourth-order valence-electron chi connectivity index (χ4n) is 2.11. The zero-order valence-electron chi connectivity index (χ0n) is 11.4. The summed E-state index contributed by atoms with van der Waals surface area (Å²) in [5, 5.41) is 18.4. The molecule has 0 aliphatic rings. The van der Waals surface area contributed by atoms with Gasteiger partial charge in [-0.25, -0.2) is 0 Å². The van der Waals surface area contributed by atoms with Gasteiger partial charge in [0.2, 0.25) is 0 Å². The summed E-state index contributed by atoms with van der Waals surface area (Å²) in [7, 11) is 0. The lowest BCUT2D eigenvalue weighted by atomic mass is 9.96. The molecule has 0 aliphatic heterocycles. The Kier molecular flexibility index (Phi) is 6.36. The maximum absolute atomic E-state index is 10.8. The Bertz CT molecular complexity index is 418. The number of unbranched alkanes of at least 4 members (excludes halogenated alkanes) is 3. The Morgan fingerprint density at radius 3 is 2.63 bits per heavy atom. The van der Waals surface area contributed by atoms with Gasteiger partial charge in [0.25, 0.3) is 0 Å². The van der Waals surface area contributed by atoms with Gasteiger partial charge in [0.05, 0.1) is 0 Å². The minimum atomic E-state index is -0.995. The number of phenolic OH excluding ortho intramolecular Hbond substituents is 1. The molecule has 0 amide bonds. The fraction of sp³-hybridized carbons (Fsp3) is 0.533. The van der Waals surface area contributed by atoms with Crippen molar-refractivity contribution in [2.24, 2.45) is 5.73 Å². The van der Waals surface area contributed by atoms with E-state index in [2.05, 4.69) is 6.92 Å². The highest BCUT2D eigenvalue weighted by molar-refractivity contribution is 5.73. The molecule has 1 aromatic carbocycles. The van der Waals surface area contributed by atoms with E-state index in [9.17, 15) is 9.90 Å². The van der Waals surface area contributed by atoms with Crippen molar-refractivity contribution in [1.82, 2.24) is 0 Å². The number of carboxylic acid groups (broad SMARTS) is 1. The molecule has 1 rings (SSSR count). The fourth-order valence-corrected chi connectivity index (χ4v) is 2.11. The molecule has 4 nitrogen and oxygen atoms in total. The van der Waals surface area contributed by atoms with Gasteiger partial charge in [0.15, 0.2) is 0 Å². The number of hydrogen-bond acceptors (Lipinski definition) is 3. The number of aliphatic carboxylic acids is 1. The lowest BCUT2D eigenvalue weighted by molar-refractivity contribution is -0.138. The van der Waals surface area contributed by atoms with E-state index in [1.165, 1.54) is 12.8 Å². The van der Waals surface area contributed by atoms with Crippen molar-refractivity contribution >= 4 is 5.97 Å². The van der Waals surface area contributed by atoms with Gasteiger partial charge in [-0.3, -0.25) is 4.79 Å². The molecule has 4 N–H and O–H groups in total. The van der Waals surface area contributed by atoms with Crippen LogP contribution in [0.1, 0.15) is 43.7 Å². The minimum Gasteiger partial charge on any atom is -0.508 e. The highest BCUT2D eigenvalue weighted by Crippen LogP contribution is 2.20. The summed E-state index contributed by atoms with van der Waals surface area (Å²) in [6.07, 6.45) is 5.73. The summed E-state index contributed by atoms with van der Waals surface area (Å²) in [5.74, 6) is -0.775. The van der Waals surface area contributed by atoms with Crippen LogP contribution in [0.25, 0.3) is 0 Å². The van der Waals surface area contributed by atoms with Crippen LogP contribution in [0, 0.1) is 0 Å². The van der Waals surface area contributed by atoms with Gasteiger partial charge < -0.3 is 15.9 Å². The Hall–Kier alpha value is -1.55. The molecule has 0 aromatic heterocycles. The normalized spacial score (nSPS) is 12.3. The number of hydrogen-bond donors (Lipinski definition) is 3. The largest absolute Gasteiger partial charge is 0.508 e. The molecule has 1 aromatic rings. The van der Waals surface area contributed by atoms with Gasteiger partial charge in [-0.15, -0.1) is 0 Å². The van der Waals surface area contributed by atoms with Crippen molar-refractivity contribution in [1.29, 1.82) is 0 Å². The standard InChI is InChI=1S/C15H23NO3/c1-2-3-4-5-6-11-9-13(17)8-7-12(11)10-14(16)15(18)19/h7-9,14,17H,2-6,10,16H2,1H3,(H,18,19)/t14-/m0/s1. The third kappa shape index (κ3) is 5.30. The SMILES string of the molecule is CCCCCCc1cc(O)ccc1C[C@H](N)C(=O)O. The highest BCUT2D eigenvalue weighted by atomic mass is 16.4. The number of carbonyl (C=O) groups is 1. The van der Waals surface area contributed by atoms with Crippen molar-refractivity contribution in [3.8, 4) is 5.75 Å². The first-order chi connectivity index (χ1) is 9.04. The average Bonchev–Trinajstić information content (AvgIpc) is 2.37. The summed E-state index contributed by atoms with van der Waals surface area (Å²) in [5.41, 5.74) is 7.50. The Morgan fingerprint density at radius 1 is 1.26 bits per heavy atom. The number of aromatic hydroxyl groups is 1. The molecule has 0 spiro atoms. The molecule has 19 heavy (non-hydrogen) atoms. The number of nitrogens with two attached hydrogens (primary N) is 1. The Labute approximate surface area is 114 Å². The number of benzene rings is 1. The molecule has 1 atom stereocenters. The van der Waals surface area contributed by atoms with Crippen LogP contribution >= 0.6 is 0 Å². The maximum Gasteiger partial charge on any atom is 0.320 e.